The first-order valence-electron chi connectivity index (χ1n) is 11.9. The number of halogens is 1. The van der Waals surface area contributed by atoms with Gasteiger partial charge in [-0.15, -0.1) is 11.3 Å². The molecule has 1 N–H and O–H groups in total. The van der Waals surface area contributed by atoms with Gasteiger partial charge in [0.25, 0.3) is 0 Å². The molecule has 36 heavy (non-hydrogen) atoms. The van der Waals surface area contributed by atoms with E-state index in [1.807, 2.05) is 54.7 Å². The summed E-state index contributed by atoms with van der Waals surface area (Å²) in [6.45, 7) is 2.96. The minimum absolute atomic E-state index is 0.875. The Balaban J connectivity index is 1.19. The first-order chi connectivity index (χ1) is 17.7. The van der Waals surface area contributed by atoms with E-state index in [2.05, 4.69) is 71.4 Å². The number of benzene rings is 3. The highest BCUT2D eigenvalue weighted by Crippen LogP contribution is 2.38. The Hall–Kier alpha value is -3.39. The molecule has 0 bridgehead atoms. The standard InChI is InChI=1S/C29H24BrN5S/c30-22-8-6-20(7-9-22)16-31-23-10-12-24(13-11-23)34-28-27-25-14-15-35(17-21-4-2-1-3-5-21)18-26(25)36-29(27)33-19-32-28/h1-13,16,19H,14-15,17-18H2,(H,32,33,34). The highest BCUT2D eigenvalue weighted by molar-refractivity contribution is 9.10. The smallest absolute Gasteiger partial charge is 0.142 e. The number of aromatic nitrogens is 2. The molecule has 0 aliphatic carbocycles. The molecule has 2 aromatic heterocycles. The van der Waals surface area contributed by atoms with Crippen molar-refractivity contribution in [2.24, 2.45) is 4.99 Å². The number of aliphatic imine (C=N–C) groups is 1. The quantitative estimate of drug-likeness (QED) is 0.221. The van der Waals surface area contributed by atoms with E-state index < -0.39 is 0 Å². The summed E-state index contributed by atoms with van der Waals surface area (Å²) >= 11 is 5.25. The Morgan fingerprint density at radius 2 is 1.78 bits per heavy atom. The van der Waals surface area contributed by atoms with Gasteiger partial charge in [0.1, 0.15) is 17.0 Å². The first-order valence-corrected chi connectivity index (χ1v) is 13.5. The van der Waals surface area contributed by atoms with E-state index in [9.17, 15) is 0 Å². The number of fused-ring (bicyclic) bond motifs is 3. The van der Waals surface area contributed by atoms with Crippen molar-refractivity contribution in [3.05, 3.63) is 111 Å². The van der Waals surface area contributed by atoms with E-state index in [4.69, 9.17) is 0 Å². The molecule has 1 aliphatic rings. The highest BCUT2D eigenvalue weighted by atomic mass is 79.9. The molecule has 0 amide bonds. The van der Waals surface area contributed by atoms with Crippen LogP contribution in [0.5, 0.6) is 0 Å². The second-order valence-corrected chi connectivity index (χ2v) is 10.8. The van der Waals surface area contributed by atoms with Gasteiger partial charge in [-0.3, -0.25) is 9.89 Å². The van der Waals surface area contributed by atoms with Gasteiger partial charge >= 0.3 is 0 Å². The molecule has 5 nitrogen and oxygen atoms in total. The van der Waals surface area contributed by atoms with Gasteiger partial charge in [-0.25, -0.2) is 9.97 Å². The summed E-state index contributed by atoms with van der Waals surface area (Å²) in [5.41, 5.74) is 5.70. The Morgan fingerprint density at radius 1 is 0.972 bits per heavy atom. The molecular formula is C29H24BrN5S. The van der Waals surface area contributed by atoms with Crippen LogP contribution in [0.25, 0.3) is 10.2 Å². The molecule has 0 fully saturated rings. The van der Waals surface area contributed by atoms with Crippen molar-refractivity contribution >= 4 is 60.9 Å². The van der Waals surface area contributed by atoms with Crippen molar-refractivity contribution in [3.63, 3.8) is 0 Å². The summed E-state index contributed by atoms with van der Waals surface area (Å²) in [7, 11) is 0. The van der Waals surface area contributed by atoms with Crippen molar-refractivity contribution in [3.8, 4) is 0 Å². The van der Waals surface area contributed by atoms with E-state index in [0.29, 0.717) is 0 Å². The van der Waals surface area contributed by atoms with Crippen molar-refractivity contribution in [1.82, 2.24) is 14.9 Å². The molecule has 3 aromatic carbocycles. The molecule has 0 unspecified atom stereocenters. The lowest BCUT2D eigenvalue weighted by atomic mass is 10.0. The van der Waals surface area contributed by atoms with Crippen LogP contribution in [0.15, 0.2) is 94.7 Å². The van der Waals surface area contributed by atoms with E-state index >= 15 is 0 Å². The lowest BCUT2D eigenvalue weighted by molar-refractivity contribution is 0.249. The van der Waals surface area contributed by atoms with Crippen LogP contribution in [-0.4, -0.2) is 27.6 Å². The molecule has 3 heterocycles. The maximum Gasteiger partial charge on any atom is 0.142 e. The van der Waals surface area contributed by atoms with Crippen molar-refractivity contribution < 1.29 is 0 Å². The van der Waals surface area contributed by atoms with Crippen molar-refractivity contribution in [2.45, 2.75) is 19.5 Å². The van der Waals surface area contributed by atoms with Crippen LogP contribution >= 0.6 is 27.3 Å². The number of nitrogens with zero attached hydrogens (tertiary/aromatic N) is 4. The zero-order valence-corrected chi connectivity index (χ0v) is 22.0. The van der Waals surface area contributed by atoms with Gasteiger partial charge in [0.15, 0.2) is 0 Å². The topological polar surface area (TPSA) is 53.4 Å². The average Bonchev–Trinajstić information content (AvgIpc) is 3.28. The van der Waals surface area contributed by atoms with Gasteiger partial charge in [0, 0.05) is 40.9 Å². The zero-order chi connectivity index (χ0) is 24.3. The lowest BCUT2D eigenvalue weighted by Gasteiger charge is -2.27. The van der Waals surface area contributed by atoms with E-state index in [0.717, 1.165) is 63.5 Å². The Bertz CT molecular complexity index is 1510. The molecular weight excluding hydrogens is 530 g/mol. The predicted molar refractivity (Wildman–Crippen MR) is 153 cm³/mol. The first kappa shape index (κ1) is 23.0. The maximum atomic E-state index is 4.61. The number of nitrogens with one attached hydrogen (secondary N) is 1. The van der Waals surface area contributed by atoms with Crippen LogP contribution in [-0.2, 0) is 19.5 Å². The van der Waals surface area contributed by atoms with Crippen LogP contribution in [0, 0.1) is 0 Å². The number of anilines is 2. The molecule has 0 radical (unpaired) electrons. The van der Waals surface area contributed by atoms with Crippen LogP contribution in [0.3, 0.4) is 0 Å². The average molecular weight is 555 g/mol. The molecule has 0 saturated carbocycles. The zero-order valence-electron chi connectivity index (χ0n) is 19.6. The summed E-state index contributed by atoms with van der Waals surface area (Å²) in [6.07, 6.45) is 4.54. The fourth-order valence-electron chi connectivity index (χ4n) is 4.52. The molecule has 7 heteroatoms. The van der Waals surface area contributed by atoms with E-state index in [-0.39, 0.29) is 0 Å². The largest absolute Gasteiger partial charge is 0.340 e. The van der Waals surface area contributed by atoms with Gasteiger partial charge < -0.3 is 5.32 Å². The summed E-state index contributed by atoms with van der Waals surface area (Å²) in [6, 6.07) is 26.9. The van der Waals surface area contributed by atoms with E-state index in [1.54, 1.807) is 17.7 Å². The summed E-state index contributed by atoms with van der Waals surface area (Å²) in [5.74, 6) is 0.875. The Morgan fingerprint density at radius 3 is 2.58 bits per heavy atom. The Kier molecular flexibility index (Phi) is 6.59. The van der Waals surface area contributed by atoms with Gasteiger partial charge in [-0.2, -0.15) is 0 Å². The summed E-state index contributed by atoms with van der Waals surface area (Å²) in [4.78, 5) is 18.8. The van der Waals surface area contributed by atoms with Crippen LogP contribution in [0.4, 0.5) is 17.2 Å². The molecule has 178 valence electrons. The Labute approximate surface area is 222 Å². The second kappa shape index (κ2) is 10.3. The van der Waals surface area contributed by atoms with Gasteiger partial charge in [0.2, 0.25) is 0 Å². The number of thiophene rings is 1. The summed E-state index contributed by atoms with van der Waals surface area (Å²) < 4.78 is 1.06. The van der Waals surface area contributed by atoms with Gasteiger partial charge in [-0.1, -0.05) is 58.4 Å². The molecule has 5 aromatic rings. The second-order valence-electron chi connectivity index (χ2n) is 8.83. The van der Waals surface area contributed by atoms with Crippen molar-refractivity contribution in [1.29, 1.82) is 0 Å². The lowest BCUT2D eigenvalue weighted by Crippen LogP contribution is -2.29. The fraction of sp³-hybridized carbons (Fsp3) is 0.138. The number of hydrogen-bond donors (Lipinski definition) is 1. The predicted octanol–water partition coefficient (Wildman–Crippen LogP) is 7.51. The molecule has 0 saturated heterocycles. The molecule has 0 spiro atoms. The number of rotatable bonds is 6. The van der Waals surface area contributed by atoms with Crippen LogP contribution < -0.4 is 5.32 Å². The monoisotopic (exact) mass is 553 g/mol. The molecule has 6 rings (SSSR count). The molecule has 1 aliphatic heterocycles. The van der Waals surface area contributed by atoms with E-state index in [1.165, 1.54) is 16.0 Å². The fourth-order valence-corrected chi connectivity index (χ4v) is 6.01. The van der Waals surface area contributed by atoms with Gasteiger partial charge in [-0.05, 0) is 59.5 Å². The molecule has 0 atom stereocenters. The SMILES string of the molecule is Brc1ccc(C=Nc2ccc(Nc3ncnc4sc5c(c34)CCN(Cc3ccccc3)C5)cc2)cc1. The normalized spacial score (nSPS) is 13.8. The third kappa shape index (κ3) is 5.09. The summed E-state index contributed by atoms with van der Waals surface area (Å²) in [5, 5.41) is 4.69. The highest BCUT2D eigenvalue weighted by Gasteiger charge is 2.24. The minimum atomic E-state index is 0.875. The van der Waals surface area contributed by atoms with Gasteiger partial charge in [0.05, 0.1) is 11.1 Å². The number of hydrogen-bond acceptors (Lipinski definition) is 6. The minimum Gasteiger partial charge on any atom is -0.340 e. The maximum absolute atomic E-state index is 4.61. The van der Waals surface area contributed by atoms with Crippen molar-refractivity contribution in [2.75, 3.05) is 11.9 Å². The third-order valence-corrected chi connectivity index (χ3v) is 7.98. The van der Waals surface area contributed by atoms with Crippen LogP contribution in [0.2, 0.25) is 0 Å². The third-order valence-electron chi connectivity index (χ3n) is 6.33. The van der Waals surface area contributed by atoms with Crippen LogP contribution in [0.1, 0.15) is 21.6 Å².